The number of rotatable bonds is 4. The summed E-state index contributed by atoms with van der Waals surface area (Å²) in [5.74, 6) is 0.0273. The molecule has 0 bridgehead atoms. The lowest BCUT2D eigenvalue weighted by Crippen LogP contribution is -2.51. The molecule has 19 heavy (non-hydrogen) atoms. The third kappa shape index (κ3) is 3.76. The molecule has 1 heterocycles. The lowest BCUT2D eigenvalue weighted by atomic mass is 10.2. The first-order valence-corrected chi connectivity index (χ1v) is 7.99. The maximum atomic E-state index is 12.4. The lowest BCUT2D eigenvalue weighted by Gasteiger charge is -2.33. The van der Waals surface area contributed by atoms with Gasteiger partial charge in [-0.3, -0.25) is 0 Å². The molecule has 2 unspecified atom stereocenters. The van der Waals surface area contributed by atoms with E-state index >= 15 is 0 Å². The Kier molecular flexibility index (Phi) is 4.57. The fourth-order valence-electron chi connectivity index (χ4n) is 2.10. The molecule has 0 spiro atoms. The molecule has 0 aliphatic carbocycles. The van der Waals surface area contributed by atoms with Gasteiger partial charge in [0, 0.05) is 19.1 Å². The van der Waals surface area contributed by atoms with Crippen molar-refractivity contribution in [2.24, 2.45) is 5.73 Å². The molecular weight excluding hydrogens is 264 g/mol. The van der Waals surface area contributed by atoms with E-state index in [9.17, 15) is 8.42 Å². The highest BCUT2D eigenvalue weighted by molar-refractivity contribution is 7.88. The highest BCUT2D eigenvalue weighted by atomic mass is 32.2. The van der Waals surface area contributed by atoms with E-state index in [4.69, 9.17) is 10.5 Å². The molecular formula is C13H20N2O3S. The molecule has 1 aliphatic heterocycles. The van der Waals surface area contributed by atoms with Crippen LogP contribution in [0.1, 0.15) is 12.5 Å². The Morgan fingerprint density at radius 1 is 1.42 bits per heavy atom. The normalized spacial score (nSPS) is 23.2. The van der Waals surface area contributed by atoms with Crippen LogP contribution < -0.4 is 5.73 Å². The second-order valence-electron chi connectivity index (χ2n) is 4.87. The monoisotopic (exact) mass is 284 g/mol. The minimum atomic E-state index is -3.31. The molecule has 0 radical (unpaired) electrons. The molecule has 2 rings (SSSR count). The van der Waals surface area contributed by atoms with Crippen LogP contribution in [0.25, 0.3) is 0 Å². The molecule has 6 heteroatoms. The summed E-state index contributed by atoms with van der Waals surface area (Å²) in [6, 6.07) is 9.03. The number of sulfonamides is 1. The number of nitrogens with zero attached hydrogens (tertiary/aromatic N) is 1. The van der Waals surface area contributed by atoms with Gasteiger partial charge in [0.15, 0.2) is 0 Å². The number of benzene rings is 1. The van der Waals surface area contributed by atoms with Gasteiger partial charge in [-0.25, -0.2) is 8.42 Å². The summed E-state index contributed by atoms with van der Waals surface area (Å²) >= 11 is 0. The van der Waals surface area contributed by atoms with Gasteiger partial charge in [-0.1, -0.05) is 30.3 Å². The van der Waals surface area contributed by atoms with Gasteiger partial charge in [-0.15, -0.1) is 0 Å². The van der Waals surface area contributed by atoms with E-state index in [1.54, 1.807) is 0 Å². The SMILES string of the molecule is CC(N)C1CN(S(=O)(=O)Cc2ccccc2)CCO1. The minimum absolute atomic E-state index is 0.0273. The zero-order chi connectivity index (χ0) is 13.9. The van der Waals surface area contributed by atoms with E-state index in [1.165, 1.54) is 4.31 Å². The summed E-state index contributed by atoms with van der Waals surface area (Å²) in [4.78, 5) is 0. The predicted octanol–water partition coefficient (Wildman–Crippen LogP) is 0.564. The van der Waals surface area contributed by atoms with Crippen LogP contribution in [0.2, 0.25) is 0 Å². The van der Waals surface area contributed by atoms with Crippen LogP contribution in [-0.2, 0) is 20.5 Å². The van der Waals surface area contributed by atoms with Crippen LogP contribution in [0.15, 0.2) is 30.3 Å². The van der Waals surface area contributed by atoms with Gasteiger partial charge in [0.2, 0.25) is 10.0 Å². The van der Waals surface area contributed by atoms with Crippen molar-refractivity contribution in [1.29, 1.82) is 0 Å². The van der Waals surface area contributed by atoms with Gasteiger partial charge in [0.05, 0.1) is 18.5 Å². The first-order chi connectivity index (χ1) is 8.99. The van der Waals surface area contributed by atoms with Crippen LogP contribution >= 0.6 is 0 Å². The molecule has 1 aliphatic rings. The summed E-state index contributed by atoms with van der Waals surface area (Å²) in [7, 11) is -3.31. The zero-order valence-electron chi connectivity index (χ0n) is 11.0. The Hall–Kier alpha value is -0.950. The third-order valence-electron chi connectivity index (χ3n) is 3.23. The summed E-state index contributed by atoms with van der Waals surface area (Å²) < 4.78 is 31.7. The van der Waals surface area contributed by atoms with Gasteiger partial charge >= 0.3 is 0 Å². The van der Waals surface area contributed by atoms with E-state index in [1.807, 2.05) is 37.3 Å². The van der Waals surface area contributed by atoms with Crippen molar-refractivity contribution in [3.63, 3.8) is 0 Å². The van der Waals surface area contributed by atoms with Gasteiger partial charge in [0.25, 0.3) is 0 Å². The Balaban J connectivity index is 2.07. The van der Waals surface area contributed by atoms with Crippen molar-refractivity contribution in [1.82, 2.24) is 4.31 Å². The molecule has 0 amide bonds. The number of hydrogen-bond donors (Lipinski definition) is 1. The molecule has 0 saturated carbocycles. The Labute approximate surface area is 114 Å². The topological polar surface area (TPSA) is 72.6 Å². The molecule has 2 atom stereocenters. The maximum Gasteiger partial charge on any atom is 0.218 e. The number of hydrogen-bond acceptors (Lipinski definition) is 4. The quantitative estimate of drug-likeness (QED) is 0.877. The fraction of sp³-hybridized carbons (Fsp3) is 0.538. The molecule has 1 aromatic carbocycles. The van der Waals surface area contributed by atoms with Crippen molar-refractivity contribution in [3.05, 3.63) is 35.9 Å². The molecule has 2 N–H and O–H groups in total. The van der Waals surface area contributed by atoms with Gasteiger partial charge < -0.3 is 10.5 Å². The summed E-state index contributed by atoms with van der Waals surface area (Å²) in [5.41, 5.74) is 6.58. The van der Waals surface area contributed by atoms with E-state index in [2.05, 4.69) is 0 Å². The van der Waals surface area contributed by atoms with Gasteiger partial charge in [-0.2, -0.15) is 4.31 Å². The number of nitrogens with two attached hydrogens (primary N) is 1. The highest BCUT2D eigenvalue weighted by Crippen LogP contribution is 2.16. The third-order valence-corrected chi connectivity index (χ3v) is 5.04. The van der Waals surface area contributed by atoms with Crippen LogP contribution in [0.5, 0.6) is 0 Å². The minimum Gasteiger partial charge on any atom is -0.374 e. The van der Waals surface area contributed by atoms with E-state index in [0.717, 1.165) is 5.56 Å². The average Bonchev–Trinajstić information content (AvgIpc) is 2.39. The van der Waals surface area contributed by atoms with Crippen LogP contribution in [0, 0.1) is 0 Å². The summed E-state index contributed by atoms with van der Waals surface area (Å²) in [6.07, 6.45) is -0.223. The highest BCUT2D eigenvalue weighted by Gasteiger charge is 2.31. The Morgan fingerprint density at radius 3 is 2.74 bits per heavy atom. The smallest absolute Gasteiger partial charge is 0.218 e. The molecule has 1 aromatic rings. The first kappa shape index (κ1) is 14.5. The van der Waals surface area contributed by atoms with Crippen LogP contribution in [0.3, 0.4) is 0 Å². The summed E-state index contributed by atoms with van der Waals surface area (Å²) in [5, 5.41) is 0. The van der Waals surface area contributed by atoms with Crippen molar-refractivity contribution in [2.75, 3.05) is 19.7 Å². The van der Waals surface area contributed by atoms with Crippen molar-refractivity contribution < 1.29 is 13.2 Å². The molecule has 0 aromatic heterocycles. The standard InChI is InChI=1S/C13H20N2O3S/c1-11(14)13-9-15(7-8-18-13)19(16,17)10-12-5-3-2-4-6-12/h2-6,11,13H,7-10,14H2,1H3. The number of ether oxygens (including phenoxy) is 1. The van der Waals surface area contributed by atoms with E-state index in [0.29, 0.717) is 19.7 Å². The number of morpholine rings is 1. The lowest BCUT2D eigenvalue weighted by molar-refractivity contribution is -0.0120. The van der Waals surface area contributed by atoms with E-state index < -0.39 is 10.0 Å². The second kappa shape index (κ2) is 6.00. The molecule has 1 saturated heterocycles. The predicted molar refractivity (Wildman–Crippen MR) is 74.0 cm³/mol. The van der Waals surface area contributed by atoms with Gasteiger partial charge in [0.1, 0.15) is 0 Å². The van der Waals surface area contributed by atoms with E-state index in [-0.39, 0.29) is 17.9 Å². The molecule has 106 valence electrons. The largest absolute Gasteiger partial charge is 0.374 e. The Morgan fingerprint density at radius 2 is 2.11 bits per heavy atom. The summed E-state index contributed by atoms with van der Waals surface area (Å²) in [6.45, 7) is 2.98. The van der Waals surface area contributed by atoms with Crippen molar-refractivity contribution in [3.8, 4) is 0 Å². The van der Waals surface area contributed by atoms with Crippen molar-refractivity contribution in [2.45, 2.75) is 24.8 Å². The second-order valence-corrected chi connectivity index (χ2v) is 6.84. The maximum absolute atomic E-state index is 12.4. The molecule has 1 fully saturated rings. The fourth-order valence-corrected chi connectivity index (χ4v) is 3.62. The Bertz CT molecular complexity index is 502. The molecule has 5 nitrogen and oxygen atoms in total. The van der Waals surface area contributed by atoms with Crippen LogP contribution in [-0.4, -0.2) is 44.6 Å². The van der Waals surface area contributed by atoms with Crippen molar-refractivity contribution >= 4 is 10.0 Å². The first-order valence-electron chi connectivity index (χ1n) is 6.38. The van der Waals surface area contributed by atoms with Crippen LogP contribution in [0.4, 0.5) is 0 Å². The average molecular weight is 284 g/mol. The van der Waals surface area contributed by atoms with Gasteiger partial charge in [-0.05, 0) is 12.5 Å². The zero-order valence-corrected chi connectivity index (χ0v) is 11.8.